The minimum absolute atomic E-state index is 0.0528. The van der Waals surface area contributed by atoms with Crippen molar-refractivity contribution in [1.82, 2.24) is 10.3 Å². The second-order valence-electron chi connectivity index (χ2n) is 6.92. The lowest BCUT2D eigenvalue weighted by Gasteiger charge is -2.29. The van der Waals surface area contributed by atoms with Crippen molar-refractivity contribution in [2.24, 2.45) is 5.92 Å². The molecule has 3 rings (SSSR count). The van der Waals surface area contributed by atoms with Crippen molar-refractivity contribution in [3.63, 3.8) is 0 Å². The average Bonchev–Trinajstić information content (AvgIpc) is 3.11. The van der Waals surface area contributed by atoms with Crippen LogP contribution in [0.15, 0.2) is 29.6 Å². The molecule has 0 aliphatic heterocycles. The van der Waals surface area contributed by atoms with E-state index >= 15 is 0 Å². The molecule has 0 saturated heterocycles. The molecule has 2 unspecified atom stereocenters. The highest BCUT2D eigenvalue weighted by Gasteiger charge is 2.23. The predicted molar refractivity (Wildman–Crippen MR) is 107 cm³/mol. The number of ether oxygens (including phenoxy) is 1. The number of rotatable bonds is 6. The van der Waals surface area contributed by atoms with Crippen molar-refractivity contribution in [3.8, 4) is 10.6 Å². The number of hydrogen-bond donors (Lipinski definition) is 1. The highest BCUT2D eigenvalue weighted by molar-refractivity contribution is 7.13. The van der Waals surface area contributed by atoms with Gasteiger partial charge in [-0.15, -0.1) is 11.3 Å². The van der Waals surface area contributed by atoms with Crippen LogP contribution in [-0.4, -0.2) is 29.5 Å². The maximum absolute atomic E-state index is 12.0. The standard InChI is InChI=1S/C20H23ClN2O3S/c1-13-4-2-3-5-17(13)23-18(24)11-26-19(25)10-16-12-27-20(22-16)14-6-8-15(21)9-7-14/h6-9,12-13,17H,2-5,10-11H2,1H3,(H,23,24). The molecule has 1 heterocycles. The van der Waals surface area contributed by atoms with Gasteiger partial charge in [0.15, 0.2) is 6.61 Å². The maximum Gasteiger partial charge on any atom is 0.312 e. The summed E-state index contributed by atoms with van der Waals surface area (Å²) in [6.07, 6.45) is 4.53. The molecular weight excluding hydrogens is 384 g/mol. The minimum atomic E-state index is -0.449. The third kappa shape index (κ3) is 5.78. The van der Waals surface area contributed by atoms with Crippen LogP contribution in [0.4, 0.5) is 0 Å². The Balaban J connectivity index is 1.45. The van der Waals surface area contributed by atoms with E-state index < -0.39 is 5.97 Å². The number of amides is 1. The molecule has 1 N–H and O–H groups in total. The Morgan fingerprint density at radius 3 is 2.74 bits per heavy atom. The first-order valence-corrected chi connectivity index (χ1v) is 10.4. The second-order valence-corrected chi connectivity index (χ2v) is 8.22. The van der Waals surface area contributed by atoms with E-state index in [9.17, 15) is 9.59 Å². The minimum Gasteiger partial charge on any atom is -0.455 e. The van der Waals surface area contributed by atoms with Gasteiger partial charge in [-0.2, -0.15) is 0 Å². The van der Waals surface area contributed by atoms with Crippen molar-refractivity contribution < 1.29 is 14.3 Å². The fourth-order valence-electron chi connectivity index (χ4n) is 3.24. The molecular formula is C20H23ClN2O3S. The number of hydrogen-bond acceptors (Lipinski definition) is 5. The molecule has 7 heteroatoms. The van der Waals surface area contributed by atoms with Crippen LogP contribution in [0, 0.1) is 5.92 Å². The average molecular weight is 407 g/mol. The molecule has 144 valence electrons. The molecule has 1 fully saturated rings. The number of nitrogens with zero attached hydrogens (tertiary/aromatic N) is 1. The van der Waals surface area contributed by atoms with Crippen LogP contribution in [0.3, 0.4) is 0 Å². The van der Waals surface area contributed by atoms with E-state index in [4.69, 9.17) is 16.3 Å². The van der Waals surface area contributed by atoms with E-state index in [1.54, 1.807) is 12.1 Å². The number of nitrogens with one attached hydrogen (secondary N) is 1. The van der Waals surface area contributed by atoms with Gasteiger partial charge in [0.1, 0.15) is 5.01 Å². The van der Waals surface area contributed by atoms with E-state index in [0.717, 1.165) is 29.8 Å². The van der Waals surface area contributed by atoms with Crippen LogP contribution in [0.5, 0.6) is 0 Å². The predicted octanol–water partition coefficient (Wildman–Crippen LogP) is 4.24. The van der Waals surface area contributed by atoms with Crippen molar-refractivity contribution in [3.05, 3.63) is 40.4 Å². The van der Waals surface area contributed by atoms with Gasteiger partial charge in [0, 0.05) is 22.0 Å². The normalized spacial score (nSPS) is 19.5. The summed E-state index contributed by atoms with van der Waals surface area (Å²) in [6.45, 7) is 1.91. The van der Waals surface area contributed by atoms with Crippen LogP contribution in [-0.2, 0) is 20.7 Å². The topological polar surface area (TPSA) is 68.3 Å². The Bertz CT molecular complexity index is 791. The van der Waals surface area contributed by atoms with Gasteiger partial charge in [-0.3, -0.25) is 9.59 Å². The summed E-state index contributed by atoms with van der Waals surface area (Å²) in [4.78, 5) is 28.5. The first kappa shape index (κ1) is 19.8. The number of halogens is 1. The molecule has 1 aliphatic carbocycles. The first-order chi connectivity index (χ1) is 13.0. The third-order valence-electron chi connectivity index (χ3n) is 4.79. The Morgan fingerprint density at radius 2 is 2.00 bits per heavy atom. The van der Waals surface area contributed by atoms with Gasteiger partial charge >= 0.3 is 5.97 Å². The monoisotopic (exact) mass is 406 g/mol. The largest absolute Gasteiger partial charge is 0.455 e. The highest BCUT2D eigenvalue weighted by atomic mass is 35.5. The summed E-state index contributed by atoms with van der Waals surface area (Å²) >= 11 is 7.35. The van der Waals surface area contributed by atoms with Crippen LogP contribution >= 0.6 is 22.9 Å². The molecule has 27 heavy (non-hydrogen) atoms. The van der Waals surface area contributed by atoms with Crippen LogP contribution < -0.4 is 5.32 Å². The van der Waals surface area contributed by atoms with Gasteiger partial charge in [0.05, 0.1) is 12.1 Å². The smallest absolute Gasteiger partial charge is 0.312 e. The third-order valence-corrected chi connectivity index (χ3v) is 5.98. The van der Waals surface area contributed by atoms with Gasteiger partial charge in [0.2, 0.25) is 0 Å². The molecule has 5 nitrogen and oxygen atoms in total. The Kier molecular flexibility index (Phi) is 6.85. The van der Waals surface area contributed by atoms with Crippen LogP contribution in [0.25, 0.3) is 10.6 Å². The van der Waals surface area contributed by atoms with Gasteiger partial charge in [-0.25, -0.2) is 4.98 Å². The summed E-state index contributed by atoms with van der Waals surface area (Å²) in [5.41, 5.74) is 1.58. The summed E-state index contributed by atoms with van der Waals surface area (Å²) in [6, 6.07) is 7.57. The molecule has 2 atom stereocenters. The molecule has 1 amide bonds. The van der Waals surface area contributed by atoms with E-state index in [2.05, 4.69) is 17.2 Å². The van der Waals surface area contributed by atoms with E-state index in [1.807, 2.05) is 17.5 Å². The Hall–Kier alpha value is -1.92. The van der Waals surface area contributed by atoms with Crippen molar-refractivity contribution >= 4 is 34.8 Å². The van der Waals surface area contributed by atoms with Gasteiger partial charge in [0.25, 0.3) is 5.91 Å². The summed E-state index contributed by atoms with van der Waals surface area (Å²) in [7, 11) is 0. The van der Waals surface area contributed by atoms with E-state index in [1.165, 1.54) is 17.8 Å². The molecule has 1 aromatic heterocycles. The van der Waals surface area contributed by atoms with Crippen LogP contribution in [0.1, 0.15) is 38.3 Å². The maximum atomic E-state index is 12.0. The summed E-state index contributed by atoms with van der Waals surface area (Å²) in [5.74, 6) is -0.211. The Morgan fingerprint density at radius 1 is 1.26 bits per heavy atom. The zero-order valence-corrected chi connectivity index (χ0v) is 16.8. The van der Waals surface area contributed by atoms with Crippen molar-refractivity contribution in [2.75, 3.05) is 6.61 Å². The number of aromatic nitrogens is 1. The molecule has 1 aliphatic rings. The highest BCUT2D eigenvalue weighted by Crippen LogP contribution is 2.25. The molecule has 1 saturated carbocycles. The summed E-state index contributed by atoms with van der Waals surface area (Å²) in [5, 5.41) is 6.29. The van der Waals surface area contributed by atoms with Gasteiger partial charge in [-0.05, 0) is 30.9 Å². The fraction of sp³-hybridized carbons (Fsp3) is 0.450. The summed E-state index contributed by atoms with van der Waals surface area (Å²) < 4.78 is 5.11. The lowest BCUT2D eigenvalue weighted by Crippen LogP contribution is -2.42. The molecule has 2 aromatic rings. The van der Waals surface area contributed by atoms with Crippen LogP contribution in [0.2, 0.25) is 5.02 Å². The molecule has 0 bridgehead atoms. The lowest BCUT2D eigenvalue weighted by atomic mass is 9.86. The van der Waals surface area contributed by atoms with E-state index in [0.29, 0.717) is 16.6 Å². The number of carbonyl (C=O) groups is 2. The number of esters is 1. The number of thiazole rings is 1. The SMILES string of the molecule is CC1CCCCC1NC(=O)COC(=O)Cc1csc(-c2ccc(Cl)cc2)n1. The molecule has 1 aromatic carbocycles. The quantitative estimate of drug-likeness (QED) is 0.728. The Labute approximate surface area is 168 Å². The first-order valence-electron chi connectivity index (χ1n) is 9.16. The fourth-order valence-corrected chi connectivity index (χ4v) is 4.19. The second kappa shape index (κ2) is 9.33. The van der Waals surface area contributed by atoms with Gasteiger partial charge < -0.3 is 10.1 Å². The zero-order chi connectivity index (χ0) is 19.2. The van der Waals surface area contributed by atoms with Crippen molar-refractivity contribution in [1.29, 1.82) is 0 Å². The lowest BCUT2D eigenvalue weighted by molar-refractivity contribution is -0.148. The number of benzene rings is 1. The van der Waals surface area contributed by atoms with E-state index in [-0.39, 0.29) is 25.0 Å². The zero-order valence-electron chi connectivity index (χ0n) is 15.2. The van der Waals surface area contributed by atoms with Gasteiger partial charge in [-0.1, -0.05) is 43.5 Å². The molecule has 0 radical (unpaired) electrons. The number of carbonyl (C=O) groups excluding carboxylic acids is 2. The molecule has 0 spiro atoms. The van der Waals surface area contributed by atoms with Crippen molar-refractivity contribution in [2.45, 2.75) is 45.1 Å².